The normalized spacial score (nSPS) is 18.1. The first-order chi connectivity index (χ1) is 16.4. The predicted octanol–water partition coefficient (Wildman–Crippen LogP) is 3.56. The fraction of sp³-hybridized carbons (Fsp3) is 0.636. The SMILES string of the molecule is O=C1CCCCCN1CCCNc1nc(Nc2cnn(C3CCNCC3)c2)ncc1C(F)(F)F. The average Bonchev–Trinajstić information content (AvgIpc) is 3.18. The molecule has 186 valence electrons. The highest BCUT2D eigenvalue weighted by molar-refractivity contribution is 5.76. The molecule has 2 aliphatic heterocycles. The van der Waals surface area contributed by atoms with Crippen molar-refractivity contribution in [2.45, 2.75) is 57.2 Å². The van der Waals surface area contributed by atoms with Gasteiger partial charge in [0, 0.05) is 38.4 Å². The Morgan fingerprint density at radius 2 is 1.97 bits per heavy atom. The van der Waals surface area contributed by atoms with Crippen LogP contribution in [0.4, 0.5) is 30.6 Å². The van der Waals surface area contributed by atoms with Crippen LogP contribution in [0, 0.1) is 0 Å². The fourth-order valence-corrected chi connectivity index (χ4v) is 4.34. The van der Waals surface area contributed by atoms with Gasteiger partial charge in [-0.15, -0.1) is 0 Å². The van der Waals surface area contributed by atoms with Crippen molar-refractivity contribution in [2.24, 2.45) is 0 Å². The number of carbonyl (C=O) groups is 1. The minimum atomic E-state index is -4.58. The van der Waals surface area contributed by atoms with Crippen LogP contribution in [-0.4, -0.2) is 63.3 Å². The molecule has 9 nitrogen and oxygen atoms in total. The van der Waals surface area contributed by atoms with E-state index in [0.717, 1.165) is 51.4 Å². The average molecular weight is 481 g/mol. The summed E-state index contributed by atoms with van der Waals surface area (Å²) in [5.74, 6) is -0.104. The van der Waals surface area contributed by atoms with Gasteiger partial charge in [0.2, 0.25) is 11.9 Å². The molecule has 2 aromatic heterocycles. The van der Waals surface area contributed by atoms with Gasteiger partial charge in [-0.25, -0.2) is 4.98 Å². The zero-order valence-corrected chi connectivity index (χ0v) is 19.1. The largest absolute Gasteiger partial charge is 0.421 e. The lowest BCUT2D eigenvalue weighted by molar-refractivity contribution is -0.137. The molecule has 3 N–H and O–H groups in total. The first kappa shape index (κ1) is 24.2. The number of piperidine rings is 1. The third-order valence-electron chi connectivity index (χ3n) is 6.20. The number of nitrogens with one attached hydrogen (secondary N) is 3. The number of likely N-dealkylation sites (tertiary alicyclic amines) is 1. The van der Waals surface area contributed by atoms with Crippen molar-refractivity contribution in [3.8, 4) is 0 Å². The summed E-state index contributed by atoms with van der Waals surface area (Å²) < 4.78 is 42.4. The van der Waals surface area contributed by atoms with Gasteiger partial charge in [-0.05, 0) is 45.2 Å². The van der Waals surface area contributed by atoms with Crippen molar-refractivity contribution in [1.82, 2.24) is 30.0 Å². The molecule has 2 aromatic rings. The number of amides is 1. The first-order valence-electron chi connectivity index (χ1n) is 11.9. The number of hydrogen-bond donors (Lipinski definition) is 3. The van der Waals surface area contributed by atoms with Gasteiger partial charge in [0.05, 0.1) is 17.9 Å². The maximum absolute atomic E-state index is 13.5. The molecule has 2 fully saturated rings. The van der Waals surface area contributed by atoms with Crippen LogP contribution in [0.2, 0.25) is 0 Å². The van der Waals surface area contributed by atoms with E-state index in [9.17, 15) is 18.0 Å². The van der Waals surface area contributed by atoms with Crippen LogP contribution in [-0.2, 0) is 11.0 Å². The Labute approximate surface area is 196 Å². The van der Waals surface area contributed by atoms with Crippen LogP contribution >= 0.6 is 0 Å². The van der Waals surface area contributed by atoms with Gasteiger partial charge in [0.15, 0.2) is 0 Å². The van der Waals surface area contributed by atoms with Gasteiger partial charge in [-0.1, -0.05) is 6.42 Å². The van der Waals surface area contributed by atoms with Crippen LogP contribution in [0.25, 0.3) is 0 Å². The van der Waals surface area contributed by atoms with Crippen molar-refractivity contribution in [3.05, 3.63) is 24.2 Å². The number of halogens is 3. The summed E-state index contributed by atoms with van der Waals surface area (Å²) >= 11 is 0. The van der Waals surface area contributed by atoms with E-state index in [4.69, 9.17) is 0 Å². The molecule has 0 aromatic carbocycles. The van der Waals surface area contributed by atoms with E-state index in [-0.39, 0.29) is 24.2 Å². The van der Waals surface area contributed by atoms with Crippen molar-refractivity contribution >= 4 is 23.4 Å². The molecule has 0 atom stereocenters. The van der Waals surface area contributed by atoms with Crippen LogP contribution in [0.1, 0.15) is 56.6 Å². The second-order valence-electron chi connectivity index (χ2n) is 8.74. The summed E-state index contributed by atoms with van der Waals surface area (Å²) in [6.07, 6.45) is 5.54. The van der Waals surface area contributed by atoms with Crippen molar-refractivity contribution in [2.75, 3.05) is 43.4 Å². The van der Waals surface area contributed by atoms with Crippen molar-refractivity contribution in [1.29, 1.82) is 0 Å². The topological polar surface area (TPSA) is 100 Å². The van der Waals surface area contributed by atoms with Crippen LogP contribution < -0.4 is 16.0 Å². The number of nitrogens with zero attached hydrogens (tertiary/aromatic N) is 5. The Morgan fingerprint density at radius 1 is 1.15 bits per heavy atom. The fourth-order valence-electron chi connectivity index (χ4n) is 4.34. The summed E-state index contributed by atoms with van der Waals surface area (Å²) in [5.41, 5.74) is -0.307. The summed E-state index contributed by atoms with van der Waals surface area (Å²) in [6.45, 7) is 3.34. The standard InChI is InChI=1S/C22H31F3N8O/c23-22(24,25)18-14-28-21(30-16-13-29-33(15-16)17-6-9-26-10-7-17)31-20(18)27-8-4-12-32-11-3-1-2-5-19(32)34/h13-15,17,26H,1-12H2,(H2,27,28,30,31). The molecule has 4 heterocycles. The molecular formula is C22H31F3N8O. The van der Waals surface area contributed by atoms with E-state index in [1.54, 1.807) is 11.1 Å². The lowest BCUT2D eigenvalue weighted by atomic mass is 10.1. The first-order valence-corrected chi connectivity index (χ1v) is 11.9. The summed E-state index contributed by atoms with van der Waals surface area (Å²) in [5, 5.41) is 13.4. The predicted molar refractivity (Wildman–Crippen MR) is 122 cm³/mol. The smallest absolute Gasteiger partial charge is 0.369 e. The van der Waals surface area contributed by atoms with E-state index >= 15 is 0 Å². The Hall–Kier alpha value is -2.89. The second-order valence-corrected chi connectivity index (χ2v) is 8.74. The quantitative estimate of drug-likeness (QED) is 0.497. The van der Waals surface area contributed by atoms with Crippen molar-refractivity contribution in [3.63, 3.8) is 0 Å². The molecule has 0 bridgehead atoms. The Bertz CT molecular complexity index is 958. The van der Waals surface area contributed by atoms with Crippen LogP contribution in [0.15, 0.2) is 18.6 Å². The summed E-state index contributed by atoms with van der Waals surface area (Å²) in [4.78, 5) is 21.9. The third kappa shape index (κ3) is 6.37. The maximum Gasteiger partial charge on any atom is 0.421 e. The third-order valence-corrected chi connectivity index (χ3v) is 6.20. The Balaban J connectivity index is 1.38. The van der Waals surface area contributed by atoms with Gasteiger partial charge < -0.3 is 20.9 Å². The van der Waals surface area contributed by atoms with E-state index in [1.165, 1.54) is 0 Å². The number of alkyl halides is 3. The zero-order valence-electron chi connectivity index (χ0n) is 19.1. The summed E-state index contributed by atoms with van der Waals surface area (Å²) in [7, 11) is 0. The lowest BCUT2D eigenvalue weighted by Crippen LogP contribution is -2.32. The number of rotatable bonds is 8. The van der Waals surface area contributed by atoms with Gasteiger partial charge in [-0.3, -0.25) is 9.48 Å². The number of hydrogen-bond acceptors (Lipinski definition) is 7. The van der Waals surface area contributed by atoms with Crippen LogP contribution in [0.5, 0.6) is 0 Å². The minimum Gasteiger partial charge on any atom is -0.369 e. The molecule has 0 radical (unpaired) electrons. The monoisotopic (exact) mass is 480 g/mol. The highest BCUT2D eigenvalue weighted by Gasteiger charge is 2.35. The van der Waals surface area contributed by atoms with Gasteiger partial charge in [-0.2, -0.15) is 23.3 Å². The van der Waals surface area contributed by atoms with Gasteiger partial charge in [0.25, 0.3) is 0 Å². The second kappa shape index (κ2) is 11.0. The molecule has 0 unspecified atom stereocenters. The van der Waals surface area contributed by atoms with Crippen LogP contribution in [0.3, 0.4) is 0 Å². The van der Waals surface area contributed by atoms with E-state index in [2.05, 4.69) is 31.0 Å². The molecule has 2 aliphatic rings. The van der Waals surface area contributed by atoms with Gasteiger partial charge >= 0.3 is 6.18 Å². The Morgan fingerprint density at radius 3 is 2.76 bits per heavy atom. The molecule has 12 heteroatoms. The van der Waals surface area contributed by atoms with Crippen molar-refractivity contribution < 1.29 is 18.0 Å². The lowest BCUT2D eigenvalue weighted by Gasteiger charge is -2.22. The van der Waals surface area contributed by atoms with E-state index < -0.39 is 11.7 Å². The maximum atomic E-state index is 13.5. The zero-order chi connectivity index (χ0) is 24.0. The Kier molecular flexibility index (Phi) is 7.86. The molecule has 2 saturated heterocycles. The number of aromatic nitrogens is 4. The molecule has 0 saturated carbocycles. The molecular weight excluding hydrogens is 449 g/mol. The molecule has 0 spiro atoms. The number of anilines is 3. The molecule has 34 heavy (non-hydrogen) atoms. The van der Waals surface area contributed by atoms with E-state index in [0.29, 0.717) is 37.7 Å². The minimum absolute atomic E-state index is 0.0584. The summed E-state index contributed by atoms with van der Waals surface area (Å²) in [6, 6.07) is 0.290. The van der Waals surface area contributed by atoms with Gasteiger partial charge in [0.1, 0.15) is 11.4 Å². The van der Waals surface area contributed by atoms with E-state index in [1.807, 2.05) is 10.9 Å². The molecule has 1 amide bonds. The number of carbonyl (C=O) groups excluding carboxylic acids is 1. The highest BCUT2D eigenvalue weighted by Crippen LogP contribution is 2.34. The molecule has 4 rings (SSSR count). The highest BCUT2D eigenvalue weighted by atomic mass is 19.4. The molecule has 0 aliphatic carbocycles.